The molecule has 0 atom stereocenters. The number of ether oxygens (including phenoxy) is 1. The number of carbonyl (C=O) groups is 2. The molecule has 9 heteroatoms. The number of carbonyl (C=O) groups excluding carboxylic acids is 2. The van der Waals surface area contributed by atoms with Crippen molar-refractivity contribution in [2.24, 2.45) is 0 Å². The van der Waals surface area contributed by atoms with Crippen molar-refractivity contribution >= 4 is 28.3 Å². The normalized spacial score (nSPS) is 14.0. The molecule has 1 aliphatic rings. The summed E-state index contributed by atoms with van der Waals surface area (Å²) >= 11 is 0. The number of nitrogens with zero attached hydrogens (tertiary/aromatic N) is 4. The third-order valence-electron chi connectivity index (χ3n) is 7.87. The third kappa shape index (κ3) is 6.48. The number of amides is 2. The van der Waals surface area contributed by atoms with Crippen molar-refractivity contribution < 1.29 is 14.3 Å². The predicted molar refractivity (Wildman–Crippen MR) is 172 cm³/mol. The predicted octanol–water partition coefficient (Wildman–Crippen LogP) is 6.35. The van der Waals surface area contributed by atoms with Gasteiger partial charge in [-0.3, -0.25) is 14.6 Å². The Hall–Kier alpha value is -5.02. The van der Waals surface area contributed by atoms with Crippen molar-refractivity contribution in [2.45, 2.75) is 26.2 Å². The van der Waals surface area contributed by atoms with Gasteiger partial charge in [-0.1, -0.05) is 45.0 Å². The quantitative estimate of drug-likeness (QED) is 0.240. The SMILES string of the molecule is CN1CCN(C(=O)c2cnc(-c3cc(Oc4ccc5ccc(C(=O)Nc6cccc(C(C)(C)C)c6)cc5c4)ccn3)[nH]2)CC1. The Balaban J connectivity index is 1.16. The average molecular weight is 589 g/mol. The molecule has 0 bridgehead atoms. The van der Waals surface area contributed by atoms with E-state index in [4.69, 9.17) is 4.74 Å². The van der Waals surface area contributed by atoms with Gasteiger partial charge in [0.25, 0.3) is 11.8 Å². The number of rotatable bonds is 6. The number of pyridine rings is 1. The average Bonchev–Trinajstić information content (AvgIpc) is 3.51. The van der Waals surface area contributed by atoms with E-state index in [9.17, 15) is 9.59 Å². The van der Waals surface area contributed by atoms with Gasteiger partial charge in [0.15, 0.2) is 5.82 Å². The van der Waals surface area contributed by atoms with Crippen molar-refractivity contribution in [1.82, 2.24) is 24.8 Å². The summed E-state index contributed by atoms with van der Waals surface area (Å²) in [5.41, 5.74) is 3.47. The molecule has 0 saturated carbocycles. The van der Waals surface area contributed by atoms with Crippen LogP contribution in [0.25, 0.3) is 22.3 Å². The number of hydrogen-bond acceptors (Lipinski definition) is 6. The van der Waals surface area contributed by atoms with Crippen molar-refractivity contribution in [3.05, 3.63) is 102 Å². The first-order valence-corrected chi connectivity index (χ1v) is 14.8. The highest BCUT2D eigenvalue weighted by atomic mass is 16.5. The van der Waals surface area contributed by atoms with E-state index >= 15 is 0 Å². The molecule has 2 amide bonds. The Morgan fingerprint density at radius 2 is 1.64 bits per heavy atom. The van der Waals surface area contributed by atoms with Gasteiger partial charge in [-0.2, -0.15) is 0 Å². The van der Waals surface area contributed by atoms with E-state index in [1.165, 1.54) is 0 Å². The van der Waals surface area contributed by atoms with Crippen LogP contribution >= 0.6 is 0 Å². The standard InChI is InChI=1S/C35H36N6O3/c1-35(2,3)26-6-5-7-27(20-26)38-33(42)24-9-8-23-10-11-28(19-25(23)18-24)44-29-12-13-36-30(21-29)32-37-22-31(39-32)34(43)41-16-14-40(4)15-17-41/h5-13,18-22H,14-17H2,1-4H3,(H,37,39)(H,38,42). The van der Waals surface area contributed by atoms with Crippen LogP contribution in [-0.4, -0.2) is 69.8 Å². The molecule has 5 aromatic rings. The lowest BCUT2D eigenvalue weighted by atomic mass is 9.87. The number of benzene rings is 3. The highest BCUT2D eigenvalue weighted by Gasteiger charge is 2.22. The maximum absolute atomic E-state index is 13.1. The molecule has 1 fully saturated rings. The molecule has 6 rings (SSSR count). The van der Waals surface area contributed by atoms with Crippen molar-refractivity contribution in [3.63, 3.8) is 0 Å². The minimum atomic E-state index is -0.174. The Kier molecular flexibility index (Phi) is 7.88. The summed E-state index contributed by atoms with van der Waals surface area (Å²) in [6.45, 7) is 9.52. The van der Waals surface area contributed by atoms with Gasteiger partial charge in [-0.05, 0) is 71.3 Å². The lowest BCUT2D eigenvalue weighted by molar-refractivity contribution is 0.0658. The monoisotopic (exact) mass is 588 g/mol. The molecule has 1 saturated heterocycles. The smallest absolute Gasteiger partial charge is 0.272 e. The number of fused-ring (bicyclic) bond motifs is 1. The van der Waals surface area contributed by atoms with Gasteiger partial charge in [0.05, 0.1) is 6.20 Å². The fourth-order valence-corrected chi connectivity index (χ4v) is 5.18. The van der Waals surface area contributed by atoms with E-state index < -0.39 is 0 Å². The lowest BCUT2D eigenvalue weighted by Crippen LogP contribution is -2.47. The maximum Gasteiger partial charge on any atom is 0.272 e. The first-order valence-electron chi connectivity index (χ1n) is 14.8. The van der Waals surface area contributed by atoms with Crippen LogP contribution in [0.5, 0.6) is 11.5 Å². The van der Waals surface area contributed by atoms with E-state index in [-0.39, 0.29) is 17.2 Å². The zero-order valence-corrected chi connectivity index (χ0v) is 25.4. The lowest BCUT2D eigenvalue weighted by Gasteiger charge is -2.32. The molecule has 1 aliphatic heterocycles. The topological polar surface area (TPSA) is 103 Å². The van der Waals surface area contributed by atoms with Gasteiger partial charge in [0, 0.05) is 49.7 Å². The maximum atomic E-state index is 13.1. The molecular formula is C35H36N6O3. The Labute approximate surface area is 256 Å². The molecule has 44 heavy (non-hydrogen) atoms. The number of hydrogen-bond donors (Lipinski definition) is 2. The number of anilines is 1. The van der Waals surface area contributed by atoms with Crippen LogP contribution in [0.2, 0.25) is 0 Å². The van der Waals surface area contributed by atoms with Crippen LogP contribution in [0.15, 0.2) is 85.2 Å². The second-order valence-corrected chi connectivity index (χ2v) is 12.2. The first-order chi connectivity index (χ1) is 21.1. The zero-order valence-electron chi connectivity index (χ0n) is 25.4. The second-order valence-electron chi connectivity index (χ2n) is 12.2. The molecule has 224 valence electrons. The largest absolute Gasteiger partial charge is 0.457 e. The summed E-state index contributed by atoms with van der Waals surface area (Å²) < 4.78 is 6.19. The van der Waals surface area contributed by atoms with Gasteiger partial charge in [0.1, 0.15) is 22.9 Å². The Bertz CT molecular complexity index is 1830. The van der Waals surface area contributed by atoms with E-state index in [1.807, 2.05) is 59.5 Å². The number of H-pyrrole nitrogens is 1. The molecule has 3 heterocycles. The second kappa shape index (κ2) is 11.9. The number of likely N-dealkylation sites (N-methyl/N-ethyl adjacent to an activating group) is 1. The van der Waals surface area contributed by atoms with Crippen LogP contribution < -0.4 is 10.1 Å². The number of nitrogens with one attached hydrogen (secondary N) is 2. The first kappa shape index (κ1) is 29.1. The number of piperazine rings is 1. The molecule has 0 spiro atoms. The van der Waals surface area contributed by atoms with E-state index in [0.29, 0.717) is 47.4 Å². The Morgan fingerprint density at radius 1 is 0.864 bits per heavy atom. The van der Waals surface area contributed by atoms with Gasteiger partial charge >= 0.3 is 0 Å². The van der Waals surface area contributed by atoms with Crippen LogP contribution in [0.4, 0.5) is 5.69 Å². The fraction of sp³-hybridized carbons (Fsp3) is 0.257. The summed E-state index contributed by atoms with van der Waals surface area (Å²) in [5.74, 6) is 1.45. The molecular weight excluding hydrogens is 552 g/mol. The van der Waals surface area contributed by atoms with Gasteiger partial charge in [-0.15, -0.1) is 0 Å². The molecule has 0 unspecified atom stereocenters. The van der Waals surface area contributed by atoms with Crippen LogP contribution in [0.1, 0.15) is 47.2 Å². The van der Waals surface area contributed by atoms with Crippen molar-refractivity contribution in [3.8, 4) is 23.0 Å². The molecule has 0 aliphatic carbocycles. The zero-order chi connectivity index (χ0) is 30.8. The van der Waals surface area contributed by atoms with Crippen molar-refractivity contribution in [2.75, 3.05) is 38.5 Å². The molecule has 3 aromatic carbocycles. The Morgan fingerprint density at radius 3 is 2.43 bits per heavy atom. The van der Waals surface area contributed by atoms with Crippen LogP contribution in [-0.2, 0) is 5.41 Å². The molecule has 0 radical (unpaired) electrons. The van der Waals surface area contributed by atoms with Gasteiger partial charge in [-0.25, -0.2) is 4.98 Å². The molecule has 2 aromatic heterocycles. The third-order valence-corrected chi connectivity index (χ3v) is 7.87. The van der Waals surface area contributed by atoms with Gasteiger partial charge in [0.2, 0.25) is 0 Å². The van der Waals surface area contributed by atoms with Crippen LogP contribution in [0, 0.1) is 0 Å². The summed E-state index contributed by atoms with van der Waals surface area (Å²) in [4.78, 5) is 42.1. The summed E-state index contributed by atoms with van der Waals surface area (Å²) in [7, 11) is 2.06. The number of imidazole rings is 1. The van der Waals surface area contributed by atoms with E-state index in [0.717, 1.165) is 35.1 Å². The minimum Gasteiger partial charge on any atom is -0.457 e. The fourth-order valence-electron chi connectivity index (χ4n) is 5.18. The summed E-state index contributed by atoms with van der Waals surface area (Å²) in [6, 6.07) is 22.9. The highest BCUT2D eigenvalue weighted by Crippen LogP contribution is 2.29. The molecule has 9 nitrogen and oxygen atoms in total. The summed E-state index contributed by atoms with van der Waals surface area (Å²) in [5, 5.41) is 4.90. The van der Waals surface area contributed by atoms with Gasteiger partial charge < -0.3 is 24.8 Å². The minimum absolute atomic E-state index is 0.0137. The van der Waals surface area contributed by atoms with Crippen LogP contribution in [0.3, 0.4) is 0 Å². The number of aromatic nitrogens is 3. The molecule has 2 N–H and O–H groups in total. The summed E-state index contributed by atoms with van der Waals surface area (Å²) in [6.07, 6.45) is 3.21. The highest BCUT2D eigenvalue weighted by molar-refractivity contribution is 6.06. The number of aromatic amines is 1. The van der Waals surface area contributed by atoms with Crippen molar-refractivity contribution in [1.29, 1.82) is 0 Å². The van der Waals surface area contributed by atoms with E-state index in [1.54, 1.807) is 24.5 Å². The van der Waals surface area contributed by atoms with E-state index in [2.05, 4.69) is 59.1 Å².